The van der Waals surface area contributed by atoms with Crippen molar-refractivity contribution < 1.29 is 28.7 Å². The zero-order chi connectivity index (χ0) is 29.5. The van der Waals surface area contributed by atoms with Crippen LogP contribution in [0.5, 0.6) is 0 Å². The average molecular weight is 579 g/mol. The Morgan fingerprint density at radius 3 is 2.55 bits per heavy atom. The molecule has 40 heavy (non-hydrogen) atoms. The van der Waals surface area contributed by atoms with Gasteiger partial charge in [0.1, 0.15) is 18.8 Å². The van der Waals surface area contributed by atoms with E-state index in [2.05, 4.69) is 31.2 Å². The normalized spacial score (nSPS) is 18.9. The smallest absolute Gasteiger partial charge is 0.334 e. The fourth-order valence-electron chi connectivity index (χ4n) is 4.66. The number of carbonyl (C=O) groups is 4. The summed E-state index contributed by atoms with van der Waals surface area (Å²) >= 11 is 0. The highest BCUT2D eigenvalue weighted by Crippen LogP contribution is 2.28. The molecule has 3 rings (SSSR count). The van der Waals surface area contributed by atoms with Gasteiger partial charge >= 0.3 is 6.03 Å². The Morgan fingerprint density at radius 2 is 1.95 bits per heavy atom. The number of methoxy groups -OCH3 is 1. The predicted octanol–water partition coefficient (Wildman–Crippen LogP) is 0.306. The summed E-state index contributed by atoms with van der Waals surface area (Å²) in [6, 6.07) is 7.00. The number of likely N-dealkylation sites (N-methyl/N-ethyl adjacent to an activating group) is 1. The summed E-state index contributed by atoms with van der Waals surface area (Å²) in [6.45, 7) is 6.52. The lowest BCUT2D eigenvalue weighted by molar-refractivity contribution is -0.187. The third kappa shape index (κ3) is 9.55. The Bertz CT molecular complexity index is 973. The van der Waals surface area contributed by atoms with Gasteiger partial charge in [0.15, 0.2) is 0 Å². The van der Waals surface area contributed by atoms with Crippen molar-refractivity contribution in [3.05, 3.63) is 42.5 Å². The van der Waals surface area contributed by atoms with E-state index in [0.717, 1.165) is 23.8 Å². The number of ether oxygens (including phenoxy) is 2. The molecule has 0 aliphatic carbocycles. The number of nitrogens with zero attached hydrogens (tertiary/aromatic N) is 4. The van der Waals surface area contributed by atoms with Gasteiger partial charge in [-0.15, -0.1) is 9.24 Å². The summed E-state index contributed by atoms with van der Waals surface area (Å²) in [5, 5.41) is 10.4. The molecule has 3 atom stereocenters. The van der Waals surface area contributed by atoms with Crippen LogP contribution in [-0.2, 0) is 30.4 Å². The number of hydrogen-bond donors (Lipinski definition) is 2. The maximum absolute atomic E-state index is 13.3. The SMILES string of the molecule is C=CCOC=O.CNCCC[C@H]1C(=O)N(CCCOC)CC2N1C(=O)CN(C)N2C(=O)NCc1ccc(P)cc1. The van der Waals surface area contributed by atoms with Crippen molar-refractivity contribution in [2.24, 2.45) is 0 Å². The monoisotopic (exact) mass is 578 g/mol. The van der Waals surface area contributed by atoms with Crippen molar-refractivity contribution in [2.45, 2.75) is 38.0 Å². The van der Waals surface area contributed by atoms with Crippen molar-refractivity contribution in [2.75, 3.05) is 60.6 Å². The second kappa shape index (κ2) is 17.6. The molecular weight excluding hydrogens is 535 g/mol. The maximum atomic E-state index is 13.3. The van der Waals surface area contributed by atoms with Crippen LogP contribution in [0.2, 0.25) is 0 Å². The summed E-state index contributed by atoms with van der Waals surface area (Å²) in [5.74, 6) is -0.189. The number of carbonyl (C=O) groups excluding carboxylic acids is 4. The number of rotatable bonds is 13. The van der Waals surface area contributed by atoms with Crippen LogP contribution in [0.25, 0.3) is 0 Å². The van der Waals surface area contributed by atoms with E-state index in [1.807, 2.05) is 31.3 Å². The number of hydrogen-bond acceptors (Lipinski definition) is 8. The van der Waals surface area contributed by atoms with Crippen LogP contribution in [-0.4, -0.2) is 117 Å². The van der Waals surface area contributed by atoms with E-state index in [-0.39, 0.29) is 30.9 Å². The summed E-state index contributed by atoms with van der Waals surface area (Å²) < 4.78 is 9.35. The predicted molar refractivity (Wildman–Crippen MR) is 155 cm³/mol. The quantitative estimate of drug-likeness (QED) is 0.148. The van der Waals surface area contributed by atoms with Gasteiger partial charge in [-0.1, -0.05) is 36.9 Å². The van der Waals surface area contributed by atoms with E-state index in [1.165, 1.54) is 6.08 Å². The number of amides is 4. The van der Waals surface area contributed by atoms with Crippen LogP contribution in [0, 0.1) is 0 Å². The number of piperazine rings is 1. The van der Waals surface area contributed by atoms with Gasteiger partial charge in [-0.2, -0.15) is 0 Å². The first kappa shape index (κ1) is 33.2. The summed E-state index contributed by atoms with van der Waals surface area (Å²) in [5.41, 5.74) is 0.983. The molecule has 0 radical (unpaired) electrons. The molecule has 2 unspecified atom stereocenters. The number of urea groups is 1. The van der Waals surface area contributed by atoms with Crippen molar-refractivity contribution in [3.63, 3.8) is 0 Å². The van der Waals surface area contributed by atoms with Crippen LogP contribution >= 0.6 is 9.24 Å². The number of hydrazine groups is 1. The minimum absolute atomic E-state index is 0.0468. The molecule has 2 saturated heterocycles. The van der Waals surface area contributed by atoms with E-state index in [1.54, 1.807) is 34.0 Å². The zero-order valence-corrected chi connectivity index (χ0v) is 24.9. The van der Waals surface area contributed by atoms with E-state index >= 15 is 0 Å². The topological polar surface area (TPSA) is 124 Å². The van der Waals surface area contributed by atoms with E-state index in [9.17, 15) is 19.2 Å². The number of nitrogens with one attached hydrogen (secondary N) is 2. The minimum Gasteiger partial charge on any atom is -0.464 e. The molecule has 4 amide bonds. The van der Waals surface area contributed by atoms with E-state index in [4.69, 9.17) is 4.74 Å². The van der Waals surface area contributed by atoms with Crippen molar-refractivity contribution in [3.8, 4) is 0 Å². The Labute approximate surface area is 239 Å². The molecule has 2 heterocycles. The van der Waals surface area contributed by atoms with Gasteiger partial charge < -0.3 is 29.9 Å². The van der Waals surface area contributed by atoms with Gasteiger partial charge in [0.25, 0.3) is 6.47 Å². The lowest BCUT2D eigenvalue weighted by Crippen LogP contribution is -2.76. The molecular formula is C27H43N6O6P. The lowest BCUT2D eigenvalue weighted by Gasteiger charge is -2.54. The third-order valence-electron chi connectivity index (χ3n) is 6.53. The van der Waals surface area contributed by atoms with Crippen LogP contribution in [0.15, 0.2) is 36.9 Å². The van der Waals surface area contributed by atoms with Crippen LogP contribution in [0.1, 0.15) is 24.8 Å². The molecule has 222 valence electrons. The first-order chi connectivity index (χ1) is 19.3. The standard InChI is InChI=1S/C23H37N6O4P.C4H6O2/c1-24-11-4-6-19-22(31)27(12-5-13-33-3)15-20-28(19)21(30)16-26(2)29(20)23(32)25-14-17-7-9-18(34)10-8-17;1-2-3-6-4-5/h7-10,19-20,24H,4-6,11-16,34H2,1-3H3,(H,25,32);2,4H,1,3H2/t19-,20?;/m0./s1. The van der Waals surface area contributed by atoms with Crippen molar-refractivity contribution in [1.29, 1.82) is 0 Å². The molecule has 2 fully saturated rings. The number of benzene rings is 1. The van der Waals surface area contributed by atoms with Crippen LogP contribution in [0.4, 0.5) is 4.79 Å². The summed E-state index contributed by atoms with van der Waals surface area (Å²) in [7, 11) is 7.87. The first-order valence-corrected chi connectivity index (χ1v) is 13.9. The molecule has 2 aliphatic heterocycles. The van der Waals surface area contributed by atoms with Crippen molar-refractivity contribution >= 4 is 38.9 Å². The van der Waals surface area contributed by atoms with Crippen LogP contribution < -0.4 is 15.9 Å². The molecule has 2 aliphatic rings. The third-order valence-corrected chi connectivity index (χ3v) is 6.92. The Hall–Kier alpha value is -3.05. The summed E-state index contributed by atoms with van der Waals surface area (Å²) in [6.07, 6.45) is 2.95. The molecule has 1 aromatic carbocycles. The van der Waals surface area contributed by atoms with Gasteiger partial charge in [-0.05, 0) is 43.7 Å². The van der Waals surface area contributed by atoms with Gasteiger partial charge in [-0.3, -0.25) is 14.4 Å². The van der Waals surface area contributed by atoms with Gasteiger partial charge in [0.2, 0.25) is 11.8 Å². The average Bonchev–Trinajstić information content (AvgIpc) is 2.93. The Morgan fingerprint density at radius 1 is 1.23 bits per heavy atom. The molecule has 0 saturated carbocycles. The molecule has 0 spiro atoms. The molecule has 13 heteroatoms. The van der Waals surface area contributed by atoms with Crippen molar-refractivity contribution in [1.82, 2.24) is 30.5 Å². The molecule has 0 bridgehead atoms. The highest BCUT2D eigenvalue weighted by atomic mass is 31.0. The van der Waals surface area contributed by atoms with Gasteiger partial charge in [-0.25, -0.2) is 14.8 Å². The second-order valence-electron chi connectivity index (χ2n) is 9.45. The number of fused-ring (bicyclic) bond motifs is 1. The molecule has 2 N–H and O–H groups in total. The minimum atomic E-state index is -0.583. The largest absolute Gasteiger partial charge is 0.464 e. The maximum Gasteiger partial charge on any atom is 0.334 e. The van der Waals surface area contributed by atoms with E-state index in [0.29, 0.717) is 45.6 Å². The summed E-state index contributed by atoms with van der Waals surface area (Å²) in [4.78, 5) is 52.5. The molecule has 12 nitrogen and oxygen atoms in total. The zero-order valence-electron chi connectivity index (χ0n) is 23.7. The molecule has 1 aromatic rings. The van der Waals surface area contributed by atoms with Crippen LogP contribution in [0.3, 0.4) is 0 Å². The molecule has 0 aromatic heterocycles. The Balaban J connectivity index is 0.000000840. The van der Waals surface area contributed by atoms with E-state index < -0.39 is 12.2 Å². The highest BCUT2D eigenvalue weighted by Gasteiger charge is 2.50. The Kier molecular flexibility index (Phi) is 14.6. The van der Waals surface area contributed by atoms with Gasteiger partial charge in [0, 0.05) is 33.9 Å². The van der Waals surface area contributed by atoms with Gasteiger partial charge in [0.05, 0.1) is 13.1 Å². The lowest BCUT2D eigenvalue weighted by atomic mass is 10.0. The fourth-order valence-corrected chi connectivity index (χ4v) is 4.85. The first-order valence-electron chi connectivity index (χ1n) is 13.3. The fraction of sp³-hybridized carbons (Fsp3) is 0.556. The highest BCUT2D eigenvalue weighted by molar-refractivity contribution is 7.27. The second-order valence-corrected chi connectivity index (χ2v) is 10.1.